The van der Waals surface area contributed by atoms with E-state index in [0.717, 1.165) is 16.9 Å². The molecule has 0 atom stereocenters. The molecule has 3 rings (SSSR count). The van der Waals surface area contributed by atoms with Crippen molar-refractivity contribution in [3.05, 3.63) is 76.1 Å². The van der Waals surface area contributed by atoms with Crippen molar-refractivity contribution in [2.45, 2.75) is 13.8 Å². The van der Waals surface area contributed by atoms with E-state index < -0.39 is 0 Å². The first-order valence-electron chi connectivity index (χ1n) is 6.60. The van der Waals surface area contributed by atoms with Crippen molar-refractivity contribution in [2.24, 2.45) is 0 Å². The van der Waals surface area contributed by atoms with Crippen LogP contribution in [0, 0.1) is 13.8 Å². The molecule has 0 saturated heterocycles. The normalized spacial score (nSPS) is 10.7. The quantitative estimate of drug-likeness (QED) is 0.756. The van der Waals surface area contributed by atoms with Crippen LogP contribution in [-0.2, 0) is 0 Å². The lowest BCUT2D eigenvalue weighted by atomic mass is 10.0. The number of nitrogens with zero attached hydrogens (tertiary/aromatic N) is 1. The Balaban J connectivity index is 2.19. The molecule has 0 aliphatic rings. The Morgan fingerprint density at radius 1 is 0.900 bits per heavy atom. The average molecular weight is 264 g/mol. The second kappa shape index (κ2) is 4.85. The van der Waals surface area contributed by atoms with Gasteiger partial charge in [-0.1, -0.05) is 30.3 Å². The number of benzene rings is 2. The van der Waals surface area contributed by atoms with Crippen LogP contribution in [0.1, 0.15) is 11.1 Å². The highest BCUT2D eigenvalue weighted by Gasteiger charge is 2.09. The Morgan fingerprint density at radius 2 is 1.65 bits per heavy atom. The molecule has 20 heavy (non-hydrogen) atoms. The number of aromatic amines is 1. The van der Waals surface area contributed by atoms with Crippen LogP contribution in [0.25, 0.3) is 16.9 Å². The Bertz CT molecular complexity index is 797. The second-order valence-corrected chi connectivity index (χ2v) is 4.98. The maximum absolute atomic E-state index is 11.7. The first kappa shape index (κ1) is 12.5. The van der Waals surface area contributed by atoms with Gasteiger partial charge in [-0.05, 0) is 43.2 Å². The molecule has 100 valence electrons. The Morgan fingerprint density at radius 3 is 2.35 bits per heavy atom. The lowest BCUT2D eigenvalue weighted by Crippen LogP contribution is -2.04. The van der Waals surface area contributed by atoms with Crippen LogP contribution in [-0.4, -0.2) is 9.78 Å². The van der Waals surface area contributed by atoms with Crippen LogP contribution < -0.4 is 5.56 Å². The maximum Gasteiger partial charge on any atom is 0.265 e. The third-order valence-electron chi connectivity index (χ3n) is 3.55. The molecule has 0 bridgehead atoms. The number of aryl methyl sites for hydroxylation is 2. The third-order valence-corrected chi connectivity index (χ3v) is 3.55. The molecule has 0 fully saturated rings. The van der Waals surface area contributed by atoms with Crippen molar-refractivity contribution in [2.75, 3.05) is 0 Å². The molecular formula is C17H16N2O. The molecule has 3 nitrogen and oxygen atoms in total. The lowest BCUT2D eigenvalue weighted by Gasteiger charge is -2.10. The second-order valence-electron chi connectivity index (χ2n) is 4.98. The molecule has 2 aromatic carbocycles. The minimum absolute atomic E-state index is 0.0953. The molecule has 0 amide bonds. The summed E-state index contributed by atoms with van der Waals surface area (Å²) in [5, 5.41) is 2.85. The smallest absolute Gasteiger partial charge is 0.265 e. The Labute approximate surface area is 117 Å². The molecule has 0 aliphatic heterocycles. The number of hydrogen-bond donors (Lipinski definition) is 1. The molecule has 3 aromatic rings. The standard InChI is InChI=1S/C17H16N2O/c1-12-8-9-14(10-13(12)2)16-11-17(20)18-19(16)15-6-4-3-5-7-15/h3-11H,1-2H3,(H,18,20). The van der Waals surface area contributed by atoms with Crippen molar-refractivity contribution >= 4 is 0 Å². The van der Waals surface area contributed by atoms with Gasteiger partial charge in [0.25, 0.3) is 5.56 Å². The monoisotopic (exact) mass is 264 g/mol. The van der Waals surface area contributed by atoms with E-state index in [4.69, 9.17) is 0 Å². The largest absolute Gasteiger partial charge is 0.268 e. The lowest BCUT2D eigenvalue weighted by molar-refractivity contribution is 0.871. The van der Waals surface area contributed by atoms with E-state index in [9.17, 15) is 4.79 Å². The minimum Gasteiger partial charge on any atom is -0.268 e. The summed E-state index contributed by atoms with van der Waals surface area (Å²) in [6.45, 7) is 4.16. The molecule has 0 radical (unpaired) electrons. The van der Waals surface area contributed by atoms with Gasteiger partial charge in [0.15, 0.2) is 0 Å². The van der Waals surface area contributed by atoms with Gasteiger partial charge in [0.2, 0.25) is 0 Å². The zero-order valence-corrected chi connectivity index (χ0v) is 11.6. The van der Waals surface area contributed by atoms with Crippen molar-refractivity contribution in [1.82, 2.24) is 9.78 Å². The van der Waals surface area contributed by atoms with Gasteiger partial charge >= 0.3 is 0 Å². The predicted molar refractivity (Wildman–Crippen MR) is 81.3 cm³/mol. The van der Waals surface area contributed by atoms with Gasteiger partial charge in [-0.2, -0.15) is 0 Å². The molecule has 0 spiro atoms. The number of aromatic nitrogens is 2. The van der Waals surface area contributed by atoms with Gasteiger partial charge in [0.1, 0.15) is 0 Å². The number of para-hydroxylation sites is 1. The van der Waals surface area contributed by atoms with E-state index in [1.165, 1.54) is 11.1 Å². The average Bonchev–Trinajstić information content (AvgIpc) is 2.85. The van der Waals surface area contributed by atoms with Gasteiger partial charge in [-0.25, -0.2) is 0 Å². The van der Waals surface area contributed by atoms with E-state index in [1.54, 1.807) is 6.07 Å². The van der Waals surface area contributed by atoms with Gasteiger partial charge in [0.05, 0.1) is 11.4 Å². The van der Waals surface area contributed by atoms with E-state index in [0.29, 0.717) is 0 Å². The summed E-state index contributed by atoms with van der Waals surface area (Å²) >= 11 is 0. The van der Waals surface area contributed by atoms with E-state index >= 15 is 0 Å². The SMILES string of the molecule is Cc1ccc(-c2cc(=O)[nH]n2-c2ccccc2)cc1C. The third kappa shape index (κ3) is 2.18. The maximum atomic E-state index is 11.7. The molecule has 0 unspecified atom stereocenters. The zero-order valence-electron chi connectivity index (χ0n) is 11.6. The molecule has 0 aliphatic carbocycles. The fourth-order valence-corrected chi connectivity index (χ4v) is 2.29. The van der Waals surface area contributed by atoms with Gasteiger partial charge in [-0.15, -0.1) is 0 Å². The van der Waals surface area contributed by atoms with Crippen molar-refractivity contribution < 1.29 is 0 Å². The molecule has 1 heterocycles. The summed E-state index contributed by atoms with van der Waals surface area (Å²) in [5.74, 6) is 0. The molecular weight excluding hydrogens is 248 g/mol. The van der Waals surface area contributed by atoms with Crippen LogP contribution in [0.2, 0.25) is 0 Å². The minimum atomic E-state index is -0.0953. The van der Waals surface area contributed by atoms with Gasteiger partial charge in [-0.3, -0.25) is 14.6 Å². The van der Waals surface area contributed by atoms with Crippen LogP contribution >= 0.6 is 0 Å². The number of rotatable bonds is 2. The van der Waals surface area contributed by atoms with Gasteiger partial charge in [0, 0.05) is 11.6 Å². The first-order valence-corrected chi connectivity index (χ1v) is 6.60. The highest BCUT2D eigenvalue weighted by molar-refractivity contribution is 5.63. The summed E-state index contributed by atoms with van der Waals surface area (Å²) in [6, 6.07) is 17.7. The predicted octanol–water partition coefficient (Wildman–Crippen LogP) is 3.45. The van der Waals surface area contributed by atoms with Crippen LogP contribution in [0.3, 0.4) is 0 Å². The highest BCUT2D eigenvalue weighted by atomic mass is 16.1. The van der Waals surface area contributed by atoms with Crippen LogP contribution in [0.4, 0.5) is 0 Å². The van der Waals surface area contributed by atoms with E-state index in [-0.39, 0.29) is 5.56 Å². The first-order chi connectivity index (χ1) is 9.65. The molecule has 0 saturated carbocycles. The molecule has 3 heteroatoms. The Hall–Kier alpha value is -2.55. The summed E-state index contributed by atoms with van der Waals surface area (Å²) in [6.07, 6.45) is 0. The Kier molecular flexibility index (Phi) is 3.03. The number of hydrogen-bond acceptors (Lipinski definition) is 1. The topological polar surface area (TPSA) is 37.8 Å². The fraction of sp³-hybridized carbons (Fsp3) is 0.118. The van der Waals surface area contributed by atoms with Crippen LogP contribution in [0.5, 0.6) is 0 Å². The summed E-state index contributed by atoms with van der Waals surface area (Å²) < 4.78 is 1.83. The van der Waals surface area contributed by atoms with E-state index in [1.807, 2.05) is 41.1 Å². The molecule has 1 aromatic heterocycles. The summed E-state index contributed by atoms with van der Waals surface area (Å²) in [7, 11) is 0. The van der Waals surface area contributed by atoms with Crippen LogP contribution in [0.15, 0.2) is 59.4 Å². The van der Waals surface area contributed by atoms with Crippen molar-refractivity contribution in [3.8, 4) is 16.9 Å². The van der Waals surface area contributed by atoms with Crippen molar-refractivity contribution in [1.29, 1.82) is 0 Å². The number of nitrogens with one attached hydrogen (secondary N) is 1. The van der Waals surface area contributed by atoms with E-state index in [2.05, 4.69) is 31.1 Å². The zero-order chi connectivity index (χ0) is 14.1. The summed E-state index contributed by atoms with van der Waals surface area (Å²) in [5.41, 5.74) is 5.23. The van der Waals surface area contributed by atoms with Crippen molar-refractivity contribution in [3.63, 3.8) is 0 Å². The molecule has 1 N–H and O–H groups in total. The fourth-order valence-electron chi connectivity index (χ4n) is 2.29. The summed E-state index contributed by atoms with van der Waals surface area (Å²) in [4.78, 5) is 11.7. The highest BCUT2D eigenvalue weighted by Crippen LogP contribution is 2.23. The number of H-pyrrole nitrogens is 1. The van der Waals surface area contributed by atoms with Gasteiger partial charge < -0.3 is 0 Å².